The van der Waals surface area contributed by atoms with Crippen LogP contribution in [0.5, 0.6) is 0 Å². The topological polar surface area (TPSA) is 3.24 Å². The van der Waals surface area contributed by atoms with Crippen LogP contribution in [0, 0.1) is 0 Å². The maximum atomic E-state index is 2.36. The van der Waals surface area contributed by atoms with Crippen LogP contribution in [-0.2, 0) is 12.8 Å². The molecule has 0 N–H and O–H groups in total. The summed E-state index contributed by atoms with van der Waals surface area (Å²) in [5.74, 6) is 0.440. The van der Waals surface area contributed by atoms with Crippen molar-refractivity contribution < 1.29 is 0 Å². The average molecular weight is 630 g/mol. The minimum atomic E-state index is 0.440. The molecule has 0 aliphatic rings. The number of fused-ring (bicyclic) bond motifs is 2. The van der Waals surface area contributed by atoms with E-state index in [-0.39, 0.29) is 0 Å². The van der Waals surface area contributed by atoms with Gasteiger partial charge in [0.1, 0.15) is 0 Å². The van der Waals surface area contributed by atoms with Crippen LogP contribution >= 0.6 is 0 Å². The first kappa shape index (κ1) is 30.4. The highest BCUT2D eigenvalue weighted by Gasteiger charge is 2.17. The van der Waals surface area contributed by atoms with Crippen LogP contribution < -0.4 is 4.90 Å². The zero-order chi connectivity index (χ0) is 32.8. The van der Waals surface area contributed by atoms with E-state index in [1.54, 1.807) is 0 Å². The van der Waals surface area contributed by atoms with Gasteiger partial charge in [0, 0.05) is 16.8 Å². The van der Waals surface area contributed by atoms with Crippen LogP contribution in [0.25, 0.3) is 32.7 Å². The van der Waals surface area contributed by atoms with E-state index in [2.05, 4.69) is 199 Å². The van der Waals surface area contributed by atoms with Crippen molar-refractivity contribution in [2.45, 2.75) is 25.2 Å². The van der Waals surface area contributed by atoms with Crippen molar-refractivity contribution in [3.05, 3.63) is 211 Å². The normalized spacial score (nSPS) is 11.8. The number of para-hydroxylation sites is 1. The van der Waals surface area contributed by atoms with Crippen LogP contribution in [0.2, 0.25) is 0 Å². The van der Waals surface area contributed by atoms with Gasteiger partial charge in [-0.15, -0.1) is 0 Å². The fourth-order valence-electron chi connectivity index (χ4n) is 7.29. The molecule has 8 aromatic carbocycles. The predicted molar refractivity (Wildman–Crippen MR) is 209 cm³/mol. The molecule has 0 spiro atoms. The Morgan fingerprint density at radius 1 is 0.388 bits per heavy atom. The standard InChI is InChI=1S/C48H39N/c1-3-13-37(14-4-1)35-42(46-23-11-17-40-15-7-9-21-45(40)46)30-27-36-25-28-38(29-26-36)39-31-33-44(34-32-39)49(43-19-5-2-6-20-43)48-24-12-18-41-16-8-10-22-47(41)48/h1-26,28-29,31-34,42H,27,30,35H2. The van der Waals surface area contributed by atoms with Crippen LogP contribution in [0.3, 0.4) is 0 Å². The number of rotatable bonds is 10. The summed E-state index contributed by atoms with van der Waals surface area (Å²) in [7, 11) is 0. The molecule has 1 atom stereocenters. The van der Waals surface area contributed by atoms with Crippen LogP contribution in [-0.4, -0.2) is 0 Å². The smallest absolute Gasteiger partial charge is 0.0540 e. The molecule has 0 radical (unpaired) electrons. The van der Waals surface area contributed by atoms with Crippen LogP contribution in [0.1, 0.15) is 29.0 Å². The molecule has 0 saturated heterocycles. The molecule has 8 aromatic rings. The molecule has 0 fully saturated rings. The Morgan fingerprint density at radius 2 is 0.918 bits per heavy atom. The first-order valence-electron chi connectivity index (χ1n) is 17.3. The van der Waals surface area contributed by atoms with Gasteiger partial charge in [-0.1, -0.05) is 164 Å². The molecule has 1 nitrogen and oxygen atoms in total. The maximum Gasteiger partial charge on any atom is 0.0540 e. The predicted octanol–water partition coefficient (Wildman–Crippen LogP) is 13.1. The SMILES string of the molecule is c1ccc(CC(CCc2ccc(-c3ccc(N(c4ccccc4)c4cccc5ccccc45)cc3)cc2)c2cccc3ccccc23)cc1. The Balaban J connectivity index is 1.03. The summed E-state index contributed by atoms with van der Waals surface area (Å²) in [5, 5.41) is 5.16. The molecule has 0 saturated carbocycles. The monoisotopic (exact) mass is 629 g/mol. The summed E-state index contributed by atoms with van der Waals surface area (Å²) in [4.78, 5) is 2.36. The number of hydrogen-bond donors (Lipinski definition) is 0. The third kappa shape index (κ3) is 6.62. The fourth-order valence-corrected chi connectivity index (χ4v) is 7.29. The van der Waals surface area contributed by atoms with Crippen molar-refractivity contribution in [2.75, 3.05) is 4.90 Å². The van der Waals surface area contributed by atoms with Gasteiger partial charge < -0.3 is 4.90 Å². The summed E-state index contributed by atoms with van der Waals surface area (Å²) in [5.41, 5.74) is 10.1. The van der Waals surface area contributed by atoms with Gasteiger partial charge in [0.15, 0.2) is 0 Å². The minimum Gasteiger partial charge on any atom is -0.310 e. The van der Waals surface area contributed by atoms with E-state index in [0.717, 1.165) is 30.6 Å². The van der Waals surface area contributed by atoms with Gasteiger partial charge in [0.2, 0.25) is 0 Å². The van der Waals surface area contributed by atoms with Crippen LogP contribution in [0.15, 0.2) is 194 Å². The van der Waals surface area contributed by atoms with Gasteiger partial charge in [0.25, 0.3) is 0 Å². The third-order valence-electron chi connectivity index (χ3n) is 9.80. The van der Waals surface area contributed by atoms with Crippen molar-refractivity contribution in [3.63, 3.8) is 0 Å². The Bertz CT molecular complexity index is 2280. The number of aryl methyl sites for hydroxylation is 1. The highest BCUT2D eigenvalue weighted by Crippen LogP contribution is 2.39. The lowest BCUT2D eigenvalue weighted by molar-refractivity contribution is 0.625. The number of hydrogen-bond acceptors (Lipinski definition) is 1. The summed E-state index contributed by atoms with van der Waals surface area (Å²) < 4.78 is 0. The van der Waals surface area contributed by atoms with Gasteiger partial charge in [-0.2, -0.15) is 0 Å². The molecule has 49 heavy (non-hydrogen) atoms. The van der Waals surface area contributed by atoms with Gasteiger partial charge in [-0.3, -0.25) is 0 Å². The highest BCUT2D eigenvalue weighted by atomic mass is 15.1. The molecule has 1 unspecified atom stereocenters. The van der Waals surface area contributed by atoms with E-state index < -0.39 is 0 Å². The summed E-state index contributed by atoms with van der Waals surface area (Å²) in [6.45, 7) is 0. The average Bonchev–Trinajstić information content (AvgIpc) is 3.18. The second-order valence-corrected chi connectivity index (χ2v) is 12.9. The largest absolute Gasteiger partial charge is 0.310 e. The number of nitrogens with zero attached hydrogens (tertiary/aromatic N) is 1. The molecule has 0 amide bonds. The summed E-state index contributed by atoms with van der Waals surface area (Å²) >= 11 is 0. The Kier molecular flexibility index (Phi) is 8.72. The lowest BCUT2D eigenvalue weighted by Crippen LogP contribution is -2.10. The van der Waals surface area contributed by atoms with Crippen molar-refractivity contribution in [1.82, 2.24) is 0 Å². The molecule has 236 valence electrons. The van der Waals surface area contributed by atoms with Gasteiger partial charge in [-0.25, -0.2) is 0 Å². The molecule has 0 aliphatic heterocycles. The first-order chi connectivity index (χ1) is 24.3. The quantitative estimate of drug-likeness (QED) is 0.145. The van der Waals surface area contributed by atoms with Crippen molar-refractivity contribution >= 4 is 38.6 Å². The van der Waals surface area contributed by atoms with Crippen molar-refractivity contribution in [1.29, 1.82) is 0 Å². The summed E-state index contributed by atoms with van der Waals surface area (Å²) in [6.07, 6.45) is 3.18. The molecule has 0 aliphatic carbocycles. The Hall–Kier alpha value is -5.92. The van der Waals surface area contributed by atoms with Gasteiger partial charge in [0.05, 0.1) is 5.69 Å². The molecule has 8 rings (SSSR count). The fraction of sp³-hybridized carbons (Fsp3) is 0.0833. The highest BCUT2D eigenvalue weighted by molar-refractivity contribution is 5.99. The maximum absolute atomic E-state index is 2.36. The second kappa shape index (κ2) is 14.1. The molecule has 1 heteroatoms. The zero-order valence-electron chi connectivity index (χ0n) is 27.6. The zero-order valence-corrected chi connectivity index (χ0v) is 27.6. The molecule has 0 bridgehead atoms. The minimum absolute atomic E-state index is 0.440. The van der Waals surface area contributed by atoms with E-state index in [0.29, 0.717) is 5.92 Å². The molecule has 0 heterocycles. The number of benzene rings is 8. The molecular weight excluding hydrogens is 591 g/mol. The third-order valence-corrected chi connectivity index (χ3v) is 9.80. The Morgan fingerprint density at radius 3 is 1.63 bits per heavy atom. The van der Waals surface area contributed by atoms with Crippen molar-refractivity contribution in [2.24, 2.45) is 0 Å². The summed E-state index contributed by atoms with van der Waals surface area (Å²) in [6, 6.07) is 70.6. The molecule has 0 aromatic heterocycles. The molecular formula is C48H39N. The van der Waals surface area contributed by atoms with E-state index >= 15 is 0 Å². The van der Waals surface area contributed by atoms with Crippen LogP contribution in [0.4, 0.5) is 17.1 Å². The second-order valence-electron chi connectivity index (χ2n) is 12.9. The number of anilines is 3. The lowest BCUT2D eigenvalue weighted by Gasteiger charge is -2.27. The van der Waals surface area contributed by atoms with Crippen molar-refractivity contribution in [3.8, 4) is 11.1 Å². The van der Waals surface area contributed by atoms with E-state index in [9.17, 15) is 0 Å². The lowest BCUT2D eigenvalue weighted by atomic mass is 9.84. The van der Waals surface area contributed by atoms with E-state index in [1.165, 1.54) is 55.0 Å². The van der Waals surface area contributed by atoms with E-state index in [4.69, 9.17) is 0 Å². The first-order valence-corrected chi connectivity index (χ1v) is 17.3. The van der Waals surface area contributed by atoms with Gasteiger partial charge >= 0.3 is 0 Å². The van der Waals surface area contributed by atoms with E-state index in [1.807, 2.05) is 0 Å². The van der Waals surface area contributed by atoms with Gasteiger partial charge in [-0.05, 0) is 99.5 Å². The Labute approximate surface area is 289 Å².